The Bertz CT molecular complexity index is 631. The first-order valence-corrected chi connectivity index (χ1v) is 5.51. The van der Waals surface area contributed by atoms with Crippen molar-refractivity contribution in [2.45, 2.75) is 6.10 Å². The third-order valence-corrected chi connectivity index (χ3v) is 2.88. The number of aliphatic hydroxyl groups excluding tert-OH is 1. The SMILES string of the molecule is O[C@H](c1ccccn1)c1c[nH]c2ccccc12. The molecule has 0 saturated carbocycles. The summed E-state index contributed by atoms with van der Waals surface area (Å²) in [7, 11) is 0. The fourth-order valence-corrected chi connectivity index (χ4v) is 2.02. The number of hydrogen-bond donors (Lipinski definition) is 2. The van der Waals surface area contributed by atoms with Crippen LogP contribution >= 0.6 is 0 Å². The Hall–Kier alpha value is -2.13. The number of benzene rings is 1. The number of pyridine rings is 1. The number of hydrogen-bond acceptors (Lipinski definition) is 2. The molecule has 0 bridgehead atoms. The Kier molecular flexibility index (Phi) is 2.38. The lowest BCUT2D eigenvalue weighted by atomic mass is 10.1. The van der Waals surface area contributed by atoms with Gasteiger partial charge in [0.05, 0.1) is 5.69 Å². The summed E-state index contributed by atoms with van der Waals surface area (Å²) in [6.07, 6.45) is 2.84. The average molecular weight is 224 g/mol. The Morgan fingerprint density at radius 2 is 1.88 bits per heavy atom. The third kappa shape index (κ3) is 1.70. The van der Waals surface area contributed by atoms with Crippen molar-refractivity contribution in [1.29, 1.82) is 0 Å². The van der Waals surface area contributed by atoms with Crippen LogP contribution in [0.4, 0.5) is 0 Å². The second-order valence-electron chi connectivity index (χ2n) is 3.95. The Labute approximate surface area is 98.8 Å². The zero-order valence-corrected chi connectivity index (χ0v) is 9.17. The van der Waals surface area contributed by atoms with Crippen LogP contribution in [0.15, 0.2) is 54.9 Å². The molecular weight excluding hydrogens is 212 g/mol. The van der Waals surface area contributed by atoms with Gasteiger partial charge in [-0.3, -0.25) is 4.98 Å². The maximum absolute atomic E-state index is 10.3. The standard InChI is InChI=1S/C14H12N2O/c17-14(13-7-3-4-8-15-13)11-9-16-12-6-2-1-5-10(11)12/h1-9,14,16-17H/t14-/m0/s1. The molecule has 2 heterocycles. The van der Waals surface area contributed by atoms with Gasteiger partial charge < -0.3 is 10.1 Å². The first kappa shape index (κ1) is 10.1. The molecule has 2 aromatic heterocycles. The molecule has 0 spiro atoms. The van der Waals surface area contributed by atoms with Gasteiger partial charge in [-0.1, -0.05) is 24.3 Å². The van der Waals surface area contributed by atoms with Crippen LogP contribution in [-0.2, 0) is 0 Å². The fraction of sp³-hybridized carbons (Fsp3) is 0.0714. The number of fused-ring (bicyclic) bond motifs is 1. The molecule has 3 heteroatoms. The molecule has 3 aromatic rings. The topological polar surface area (TPSA) is 48.9 Å². The number of nitrogens with one attached hydrogen (secondary N) is 1. The molecule has 3 nitrogen and oxygen atoms in total. The van der Waals surface area contributed by atoms with Crippen LogP contribution in [0, 0.1) is 0 Å². The second kappa shape index (κ2) is 4.03. The molecule has 2 N–H and O–H groups in total. The summed E-state index contributed by atoms with van der Waals surface area (Å²) < 4.78 is 0. The predicted octanol–water partition coefficient (Wildman–Crippen LogP) is 2.64. The molecule has 84 valence electrons. The van der Waals surface area contributed by atoms with Crippen LogP contribution in [0.25, 0.3) is 10.9 Å². The monoisotopic (exact) mass is 224 g/mol. The highest BCUT2D eigenvalue weighted by molar-refractivity contribution is 5.83. The van der Waals surface area contributed by atoms with Crippen LogP contribution in [0.3, 0.4) is 0 Å². The van der Waals surface area contributed by atoms with Crippen LogP contribution in [-0.4, -0.2) is 15.1 Å². The number of H-pyrrole nitrogens is 1. The summed E-state index contributed by atoms with van der Waals surface area (Å²) in [4.78, 5) is 7.33. The van der Waals surface area contributed by atoms with Gasteiger partial charge in [0.2, 0.25) is 0 Å². The lowest BCUT2D eigenvalue weighted by molar-refractivity contribution is 0.217. The summed E-state index contributed by atoms with van der Waals surface area (Å²) in [6.45, 7) is 0. The summed E-state index contributed by atoms with van der Waals surface area (Å²) in [6, 6.07) is 13.5. The van der Waals surface area contributed by atoms with Crippen molar-refractivity contribution in [1.82, 2.24) is 9.97 Å². The largest absolute Gasteiger partial charge is 0.382 e. The normalized spacial score (nSPS) is 12.8. The minimum absolute atomic E-state index is 0.664. The Morgan fingerprint density at radius 3 is 2.71 bits per heavy atom. The van der Waals surface area contributed by atoms with E-state index in [1.54, 1.807) is 6.20 Å². The van der Waals surface area contributed by atoms with Crippen molar-refractivity contribution in [3.63, 3.8) is 0 Å². The van der Waals surface area contributed by atoms with E-state index < -0.39 is 6.10 Å². The smallest absolute Gasteiger partial charge is 0.123 e. The average Bonchev–Trinajstić information content (AvgIpc) is 2.83. The zero-order valence-electron chi connectivity index (χ0n) is 9.17. The van der Waals surface area contributed by atoms with Crippen molar-refractivity contribution in [3.05, 3.63) is 66.1 Å². The van der Waals surface area contributed by atoms with Gasteiger partial charge in [-0.25, -0.2) is 0 Å². The molecule has 1 aromatic carbocycles. The summed E-state index contributed by atoms with van der Waals surface area (Å²) >= 11 is 0. The summed E-state index contributed by atoms with van der Waals surface area (Å²) in [5.41, 5.74) is 2.55. The van der Waals surface area contributed by atoms with Crippen LogP contribution in [0.1, 0.15) is 17.4 Å². The van der Waals surface area contributed by atoms with E-state index in [0.717, 1.165) is 16.5 Å². The van der Waals surface area contributed by atoms with E-state index in [-0.39, 0.29) is 0 Å². The van der Waals surface area contributed by atoms with E-state index in [1.165, 1.54) is 0 Å². The van der Waals surface area contributed by atoms with Gasteiger partial charge in [0, 0.05) is 28.9 Å². The Morgan fingerprint density at radius 1 is 1.06 bits per heavy atom. The van der Waals surface area contributed by atoms with Crippen molar-refractivity contribution < 1.29 is 5.11 Å². The molecule has 1 atom stereocenters. The number of para-hydroxylation sites is 1. The van der Waals surface area contributed by atoms with E-state index in [9.17, 15) is 5.11 Å². The molecule has 0 fully saturated rings. The first-order chi connectivity index (χ1) is 8.36. The molecule has 17 heavy (non-hydrogen) atoms. The molecule has 0 radical (unpaired) electrons. The zero-order chi connectivity index (χ0) is 11.7. The number of aromatic nitrogens is 2. The number of nitrogens with zero attached hydrogens (tertiary/aromatic N) is 1. The second-order valence-corrected chi connectivity index (χ2v) is 3.95. The fourth-order valence-electron chi connectivity index (χ4n) is 2.02. The molecule has 0 aliphatic carbocycles. The lowest BCUT2D eigenvalue weighted by Gasteiger charge is -2.08. The highest BCUT2D eigenvalue weighted by Gasteiger charge is 2.15. The van der Waals surface area contributed by atoms with E-state index in [4.69, 9.17) is 0 Å². The van der Waals surface area contributed by atoms with E-state index in [1.807, 2.05) is 48.7 Å². The molecule has 0 aliphatic rings. The molecular formula is C14H12N2O. The van der Waals surface area contributed by atoms with Gasteiger partial charge in [0.1, 0.15) is 6.10 Å². The summed E-state index contributed by atoms with van der Waals surface area (Å²) in [5, 5.41) is 11.3. The van der Waals surface area contributed by atoms with Crippen LogP contribution in [0.2, 0.25) is 0 Å². The van der Waals surface area contributed by atoms with Crippen molar-refractivity contribution >= 4 is 10.9 Å². The van der Waals surface area contributed by atoms with E-state index in [2.05, 4.69) is 9.97 Å². The van der Waals surface area contributed by atoms with Gasteiger partial charge >= 0.3 is 0 Å². The van der Waals surface area contributed by atoms with Gasteiger partial charge in [-0.2, -0.15) is 0 Å². The van der Waals surface area contributed by atoms with Gasteiger partial charge in [0.25, 0.3) is 0 Å². The van der Waals surface area contributed by atoms with Crippen LogP contribution < -0.4 is 0 Å². The number of aliphatic hydroxyl groups is 1. The summed E-state index contributed by atoms with van der Waals surface area (Å²) in [5.74, 6) is 0. The molecule has 0 saturated heterocycles. The minimum Gasteiger partial charge on any atom is -0.382 e. The maximum atomic E-state index is 10.3. The molecule has 3 rings (SSSR count). The van der Waals surface area contributed by atoms with Crippen molar-refractivity contribution in [3.8, 4) is 0 Å². The van der Waals surface area contributed by atoms with Gasteiger partial charge in [-0.05, 0) is 18.2 Å². The number of rotatable bonds is 2. The molecule has 0 unspecified atom stereocenters. The van der Waals surface area contributed by atoms with Gasteiger partial charge in [-0.15, -0.1) is 0 Å². The molecule has 0 amide bonds. The predicted molar refractivity (Wildman–Crippen MR) is 66.6 cm³/mol. The van der Waals surface area contributed by atoms with E-state index in [0.29, 0.717) is 5.69 Å². The third-order valence-electron chi connectivity index (χ3n) is 2.88. The quantitative estimate of drug-likeness (QED) is 0.703. The molecule has 0 aliphatic heterocycles. The highest BCUT2D eigenvalue weighted by atomic mass is 16.3. The lowest BCUT2D eigenvalue weighted by Crippen LogP contribution is -2.00. The first-order valence-electron chi connectivity index (χ1n) is 5.51. The Balaban J connectivity index is 2.10. The van der Waals surface area contributed by atoms with Gasteiger partial charge in [0.15, 0.2) is 0 Å². The highest BCUT2D eigenvalue weighted by Crippen LogP contribution is 2.27. The maximum Gasteiger partial charge on any atom is 0.123 e. The van der Waals surface area contributed by atoms with E-state index >= 15 is 0 Å². The van der Waals surface area contributed by atoms with Crippen molar-refractivity contribution in [2.75, 3.05) is 0 Å². The number of aromatic amines is 1. The van der Waals surface area contributed by atoms with Crippen LogP contribution in [0.5, 0.6) is 0 Å². The minimum atomic E-state index is -0.688. The van der Waals surface area contributed by atoms with Crippen molar-refractivity contribution in [2.24, 2.45) is 0 Å².